The van der Waals surface area contributed by atoms with Crippen LogP contribution < -0.4 is 10.1 Å². The molecule has 0 spiro atoms. The first kappa shape index (κ1) is 11.1. The number of carbonyl (C=O) groups excluding carboxylic acids is 1. The molecule has 0 heterocycles. The largest absolute Gasteiger partial charge is 0.496 e. The van der Waals surface area contributed by atoms with Crippen LogP contribution >= 0.6 is 0 Å². The van der Waals surface area contributed by atoms with Crippen molar-refractivity contribution in [2.24, 2.45) is 0 Å². The minimum Gasteiger partial charge on any atom is -0.496 e. The van der Waals surface area contributed by atoms with Crippen LogP contribution in [0.15, 0.2) is 24.3 Å². The van der Waals surface area contributed by atoms with E-state index in [0.717, 1.165) is 6.54 Å². The predicted octanol–water partition coefficient (Wildman–Crippen LogP) is 2.02. The maximum Gasteiger partial charge on any atom is 0.167 e. The highest BCUT2D eigenvalue weighted by Crippen LogP contribution is 2.20. The number of ketones is 1. The van der Waals surface area contributed by atoms with Gasteiger partial charge >= 0.3 is 0 Å². The Morgan fingerprint density at radius 3 is 2.88 bits per heavy atom. The van der Waals surface area contributed by atoms with E-state index in [1.54, 1.807) is 7.11 Å². The highest BCUT2D eigenvalue weighted by atomic mass is 16.5. The molecule has 16 heavy (non-hydrogen) atoms. The SMILES string of the molecule is COc1ccccc1C(=O)CCNC1CC1. The quantitative estimate of drug-likeness (QED) is 0.744. The Hall–Kier alpha value is -1.35. The lowest BCUT2D eigenvalue weighted by atomic mass is 10.1. The van der Waals surface area contributed by atoms with Crippen LogP contribution in [0.25, 0.3) is 0 Å². The lowest BCUT2D eigenvalue weighted by molar-refractivity contribution is 0.0979. The van der Waals surface area contributed by atoms with Gasteiger partial charge in [-0.25, -0.2) is 0 Å². The van der Waals surface area contributed by atoms with Crippen LogP contribution in [0.2, 0.25) is 0 Å². The van der Waals surface area contributed by atoms with Crippen LogP contribution in [0, 0.1) is 0 Å². The maximum atomic E-state index is 11.9. The van der Waals surface area contributed by atoms with Crippen LogP contribution in [0.1, 0.15) is 29.6 Å². The molecule has 2 rings (SSSR count). The summed E-state index contributed by atoms with van der Waals surface area (Å²) < 4.78 is 5.16. The van der Waals surface area contributed by atoms with Gasteiger partial charge in [0.1, 0.15) is 5.75 Å². The molecular formula is C13H17NO2. The lowest BCUT2D eigenvalue weighted by Gasteiger charge is -2.07. The number of methoxy groups -OCH3 is 1. The second-order valence-electron chi connectivity index (χ2n) is 4.10. The number of benzene rings is 1. The van der Waals surface area contributed by atoms with Gasteiger partial charge in [-0.2, -0.15) is 0 Å². The summed E-state index contributed by atoms with van der Waals surface area (Å²) in [7, 11) is 1.59. The number of nitrogens with one attached hydrogen (secondary N) is 1. The van der Waals surface area contributed by atoms with Gasteiger partial charge in [0.05, 0.1) is 12.7 Å². The van der Waals surface area contributed by atoms with E-state index in [4.69, 9.17) is 4.74 Å². The molecule has 86 valence electrons. The van der Waals surface area contributed by atoms with E-state index in [-0.39, 0.29) is 5.78 Å². The number of hydrogen-bond acceptors (Lipinski definition) is 3. The van der Waals surface area contributed by atoms with Crippen molar-refractivity contribution >= 4 is 5.78 Å². The summed E-state index contributed by atoms with van der Waals surface area (Å²) in [6.07, 6.45) is 3.04. The van der Waals surface area contributed by atoms with Gasteiger partial charge in [0.15, 0.2) is 5.78 Å². The molecule has 0 amide bonds. The minimum atomic E-state index is 0.144. The Labute approximate surface area is 95.8 Å². The molecule has 1 aromatic carbocycles. The van der Waals surface area contributed by atoms with Crippen molar-refractivity contribution in [2.75, 3.05) is 13.7 Å². The van der Waals surface area contributed by atoms with Crippen LogP contribution in [-0.2, 0) is 0 Å². The molecule has 1 aromatic rings. The first-order valence-electron chi connectivity index (χ1n) is 5.71. The molecule has 0 aromatic heterocycles. The van der Waals surface area contributed by atoms with Gasteiger partial charge in [-0.1, -0.05) is 12.1 Å². The fraction of sp³-hybridized carbons (Fsp3) is 0.462. The van der Waals surface area contributed by atoms with Gasteiger partial charge < -0.3 is 10.1 Å². The van der Waals surface area contributed by atoms with Crippen LogP contribution in [0.5, 0.6) is 5.75 Å². The van der Waals surface area contributed by atoms with Gasteiger partial charge in [-0.3, -0.25) is 4.79 Å². The monoisotopic (exact) mass is 219 g/mol. The summed E-state index contributed by atoms with van der Waals surface area (Å²) in [5.41, 5.74) is 0.683. The summed E-state index contributed by atoms with van der Waals surface area (Å²) in [5, 5.41) is 3.33. The van der Waals surface area contributed by atoms with E-state index in [1.165, 1.54) is 12.8 Å². The third-order valence-electron chi connectivity index (χ3n) is 2.77. The van der Waals surface area contributed by atoms with Gasteiger partial charge in [-0.05, 0) is 25.0 Å². The van der Waals surface area contributed by atoms with E-state index in [0.29, 0.717) is 23.8 Å². The molecule has 1 N–H and O–H groups in total. The molecule has 0 aliphatic heterocycles. The smallest absolute Gasteiger partial charge is 0.167 e. The van der Waals surface area contributed by atoms with Gasteiger partial charge in [0.2, 0.25) is 0 Å². The third kappa shape index (κ3) is 2.83. The normalized spacial score (nSPS) is 14.8. The Morgan fingerprint density at radius 2 is 2.19 bits per heavy atom. The van der Waals surface area contributed by atoms with Crippen molar-refractivity contribution in [3.05, 3.63) is 29.8 Å². The average molecular weight is 219 g/mol. The van der Waals surface area contributed by atoms with E-state index in [1.807, 2.05) is 24.3 Å². The number of ether oxygens (including phenoxy) is 1. The topological polar surface area (TPSA) is 38.3 Å². The zero-order valence-corrected chi connectivity index (χ0v) is 9.53. The van der Waals surface area contributed by atoms with E-state index in [9.17, 15) is 4.79 Å². The molecule has 0 bridgehead atoms. The summed E-state index contributed by atoms with van der Waals surface area (Å²) in [4.78, 5) is 11.9. The number of hydrogen-bond donors (Lipinski definition) is 1. The number of para-hydroxylation sites is 1. The molecular weight excluding hydrogens is 202 g/mol. The predicted molar refractivity (Wildman–Crippen MR) is 63.0 cm³/mol. The van der Waals surface area contributed by atoms with Crippen molar-refractivity contribution in [3.8, 4) is 5.75 Å². The van der Waals surface area contributed by atoms with Crippen molar-refractivity contribution < 1.29 is 9.53 Å². The third-order valence-corrected chi connectivity index (χ3v) is 2.77. The first-order chi connectivity index (χ1) is 7.81. The fourth-order valence-corrected chi connectivity index (χ4v) is 1.69. The fourth-order valence-electron chi connectivity index (χ4n) is 1.69. The zero-order valence-electron chi connectivity index (χ0n) is 9.53. The average Bonchev–Trinajstić information content (AvgIpc) is 3.13. The summed E-state index contributed by atoms with van der Waals surface area (Å²) in [6.45, 7) is 0.765. The van der Waals surface area contributed by atoms with Crippen LogP contribution in [-0.4, -0.2) is 25.5 Å². The molecule has 1 aliphatic rings. The number of carbonyl (C=O) groups is 1. The molecule has 3 heteroatoms. The molecule has 0 radical (unpaired) electrons. The first-order valence-corrected chi connectivity index (χ1v) is 5.71. The van der Waals surface area contributed by atoms with Crippen molar-refractivity contribution in [1.29, 1.82) is 0 Å². The van der Waals surface area contributed by atoms with Crippen molar-refractivity contribution in [3.63, 3.8) is 0 Å². The van der Waals surface area contributed by atoms with E-state index < -0.39 is 0 Å². The highest BCUT2D eigenvalue weighted by molar-refractivity contribution is 5.98. The summed E-state index contributed by atoms with van der Waals surface area (Å²) in [6, 6.07) is 8.03. The van der Waals surface area contributed by atoms with E-state index >= 15 is 0 Å². The zero-order chi connectivity index (χ0) is 11.4. The molecule has 0 saturated heterocycles. The summed E-state index contributed by atoms with van der Waals surface area (Å²) in [5.74, 6) is 0.810. The van der Waals surface area contributed by atoms with E-state index in [2.05, 4.69) is 5.32 Å². The highest BCUT2D eigenvalue weighted by Gasteiger charge is 2.20. The molecule has 3 nitrogen and oxygen atoms in total. The lowest BCUT2D eigenvalue weighted by Crippen LogP contribution is -2.20. The Balaban J connectivity index is 1.90. The second kappa shape index (κ2) is 5.12. The summed E-state index contributed by atoms with van der Waals surface area (Å²) >= 11 is 0. The Kier molecular flexibility index (Phi) is 3.57. The molecule has 1 saturated carbocycles. The molecule has 0 unspecified atom stereocenters. The maximum absolute atomic E-state index is 11.9. The van der Waals surface area contributed by atoms with Gasteiger partial charge in [0.25, 0.3) is 0 Å². The number of rotatable bonds is 6. The molecule has 1 aliphatic carbocycles. The second-order valence-corrected chi connectivity index (χ2v) is 4.10. The standard InChI is InChI=1S/C13H17NO2/c1-16-13-5-3-2-4-11(13)12(15)8-9-14-10-6-7-10/h2-5,10,14H,6-9H2,1H3. The van der Waals surface area contributed by atoms with Gasteiger partial charge in [-0.15, -0.1) is 0 Å². The van der Waals surface area contributed by atoms with Gasteiger partial charge in [0, 0.05) is 19.0 Å². The molecule has 0 atom stereocenters. The Bertz CT molecular complexity index is 372. The van der Waals surface area contributed by atoms with Crippen LogP contribution in [0.4, 0.5) is 0 Å². The van der Waals surface area contributed by atoms with Crippen LogP contribution in [0.3, 0.4) is 0 Å². The van der Waals surface area contributed by atoms with Crippen molar-refractivity contribution in [1.82, 2.24) is 5.32 Å². The molecule has 1 fully saturated rings. The minimum absolute atomic E-state index is 0.144. The number of Topliss-reactive ketones (excluding diaryl/α,β-unsaturated/α-hetero) is 1. The Morgan fingerprint density at radius 1 is 1.44 bits per heavy atom. The van der Waals surface area contributed by atoms with Crippen molar-refractivity contribution in [2.45, 2.75) is 25.3 Å².